The summed E-state index contributed by atoms with van der Waals surface area (Å²) >= 11 is 0. The summed E-state index contributed by atoms with van der Waals surface area (Å²) in [6.07, 6.45) is 13.7. The van der Waals surface area contributed by atoms with Gasteiger partial charge in [-0.3, -0.25) is 4.90 Å². The van der Waals surface area contributed by atoms with Crippen LogP contribution in [0.3, 0.4) is 0 Å². The molecule has 1 unspecified atom stereocenters. The molecule has 0 amide bonds. The van der Waals surface area contributed by atoms with Gasteiger partial charge in [-0.05, 0) is 69.0 Å². The molecule has 2 aromatic heterocycles. The zero-order chi connectivity index (χ0) is 18.8. The Morgan fingerprint density at radius 1 is 0.885 bits per heavy atom. The molecule has 2 heterocycles. The summed E-state index contributed by atoms with van der Waals surface area (Å²) in [4.78, 5) is 2.79. The smallest absolute Gasteiger partial charge is 0.0506 e. The maximum atomic E-state index is 2.79. The van der Waals surface area contributed by atoms with Gasteiger partial charge in [0.25, 0.3) is 0 Å². The molecule has 0 aromatic carbocycles. The summed E-state index contributed by atoms with van der Waals surface area (Å²) in [5.74, 6) is 0. The molecule has 0 radical (unpaired) electrons. The van der Waals surface area contributed by atoms with Crippen LogP contribution in [0.5, 0.6) is 0 Å². The molecule has 2 aromatic rings. The molecular weight excluding hydrogens is 316 g/mol. The molecule has 26 heavy (non-hydrogen) atoms. The first-order chi connectivity index (χ1) is 12.8. The molecule has 0 N–H and O–H groups in total. The van der Waals surface area contributed by atoms with Gasteiger partial charge in [0.05, 0.1) is 6.04 Å². The van der Waals surface area contributed by atoms with E-state index < -0.39 is 0 Å². The lowest BCUT2D eigenvalue weighted by atomic mass is 9.99. The Hall–Kier alpha value is -1.28. The van der Waals surface area contributed by atoms with Crippen molar-refractivity contribution in [1.82, 2.24) is 9.30 Å². The van der Waals surface area contributed by atoms with Crippen molar-refractivity contribution >= 4 is 5.52 Å². The summed E-state index contributed by atoms with van der Waals surface area (Å²) < 4.78 is 2.48. The average Bonchev–Trinajstić information content (AvgIpc) is 3.03. The fourth-order valence-corrected chi connectivity index (χ4v) is 4.05. The van der Waals surface area contributed by atoms with E-state index in [1.165, 1.54) is 76.4 Å². The predicted molar refractivity (Wildman–Crippen MR) is 115 cm³/mol. The van der Waals surface area contributed by atoms with Crippen molar-refractivity contribution in [3.63, 3.8) is 0 Å². The van der Waals surface area contributed by atoms with Gasteiger partial charge < -0.3 is 4.40 Å². The third-order valence-corrected chi connectivity index (χ3v) is 5.52. The van der Waals surface area contributed by atoms with Gasteiger partial charge in [0.1, 0.15) is 0 Å². The molecule has 0 aliphatic rings. The first-order valence-electron chi connectivity index (χ1n) is 11.1. The van der Waals surface area contributed by atoms with E-state index >= 15 is 0 Å². The number of unbranched alkanes of at least 4 members (excludes halogenated alkanes) is 3. The third-order valence-electron chi connectivity index (χ3n) is 5.52. The van der Waals surface area contributed by atoms with Crippen molar-refractivity contribution in [3.05, 3.63) is 41.7 Å². The van der Waals surface area contributed by atoms with Gasteiger partial charge in [-0.15, -0.1) is 0 Å². The monoisotopic (exact) mass is 356 g/mol. The third kappa shape index (κ3) is 5.36. The standard InChI is InChI=1S/C24H40N2/c1-5-9-15-21-20-22-16-12-13-19-26(22)24(21)23(14-8-4)25(17-10-6-2)18-11-7-3/h12-13,16,19-20,23H,5-11,14-15,17-18H2,1-4H3. The lowest BCUT2D eigenvalue weighted by molar-refractivity contribution is 0.176. The Bertz CT molecular complexity index is 620. The first kappa shape index (κ1) is 21.0. The lowest BCUT2D eigenvalue weighted by Crippen LogP contribution is -2.32. The van der Waals surface area contributed by atoms with E-state index in [1.54, 1.807) is 11.3 Å². The average molecular weight is 357 g/mol. The number of hydrogen-bond acceptors (Lipinski definition) is 1. The van der Waals surface area contributed by atoms with Gasteiger partial charge in [0.15, 0.2) is 0 Å². The molecule has 0 saturated heterocycles. The second-order valence-corrected chi connectivity index (χ2v) is 7.70. The van der Waals surface area contributed by atoms with Crippen molar-refractivity contribution < 1.29 is 0 Å². The highest BCUT2D eigenvalue weighted by atomic mass is 15.2. The fourth-order valence-electron chi connectivity index (χ4n) is 4.05. The van der Waals surface area contributed by atoms with Crippen LogP contribution in [0.1, 0.15) is 96.4 Å². The molecule has 2 nitrogen and oxygen atoms in total. The Kier molecular flexibility index (Phi) is 9.25. The van der Waals surface area contributed by atoms with Crippen LogP contribution in [0.2, 0.25) is 0 Å². The van der Waals surface area contributed by atoms with Gasteiger partial charge >= 0.3 is 0 Å². The zero-order valence-corrected chi connectivity index (χ0v) is 17.6. The number of nitrogens with zero attached hydrogens (tertiary/aromatic N) is 2. The highest BCUT2D eigenvalue weighted by Gasteiger charge is 2.24. The number of rotatable bonds is 13. The molecular formula is C24H40N2. The van der Waals surface area contributed by atoms with Crippen LogP contribution in [0.4, 0.5) is 0 Å². The molecule has 0 saturated carbocycles. The van der Waals surface area contributed by atoms with Gasteiger partial charge in [0.2, 0.25) is 0 Å². The number of aromatic nitrogens is 1. The Balaban J connectivity index is 2.44. The van der Waals surface area contributed by atoms with E-state index in [1.807, 2.05) is 0 Å². The van der Waals surface area contributed by atoms with Crippen molar-refractivity contribution in [3.8, 4) is 0 Å². The topological polar surface area (TPSA) is 7.65 Å². The quantitative estimate of drug-likeness (QED) is 0.374. The van der Waals surface area contributed by atoms with Gasteiger partial charge in [0, 0.05) is 17.4 Å². The van der Waals surface area contributed by atoms with Crippen molar-refractivity contribution in [1.29, 1.82) is 0 Å². The van der Waals surface area contributed by atoms with Crippen LogP contribution in [-0.2, 0) is 6.42 Å². The van der Waals surface area contributed by atoms with Gasteiger partial charge in [-0.25, -0.2) is 0 Å². The minimum absolute atomic E-state index is 0.551. The minimum atomic E-state index is 0.551. The fraction of sp³-hybridized carbons (Fsp3) is 0.667. The molecule has 0 aliphatic carbocycles. The first-order valence-corrected chi connectivity index (χ1v) is 11.1. The molecule has 0 fully saturated rings. The maximum absolute atomic E-state index is 2.79. The summed E-state index contributed by atoms with van der Waals surface area (Å²) in [6, 6.07) is 9.63. The molecule has 146 valence electrons. The number of hydrogen-bond donors (Lipinski definition) is 0. The largest absolute Gasteiger partial charge is 0.319 e. The molecule has 0 spiro atoms. The van der Waals surface area contributed by atoms with Crippen LogP contribution in [-0.4, -0.2) is 22.4 Å². The van der Waals surface area contributed by atoms with E-state index in [-0.39, 0.29) is 0 Å². The van der Waals surface area contributed by atoms with Crippen molar-refractivity contribution in [2.75, 3.05) is 13.1 Å². The van der Waals surface area contributed by atoms with Crippen LogP contribution >= 0.6 is 0 Å². The summed E-state index contributed by atoms with van der Waals surface area (Å²) in [6.45, 7) is 11.7. The number of pyridine rings is 1. The van der Waals surface area contributed by atoms with E-state index in [2.05, 4.69) is 67.5 Å². The number of aryl methyl sites for hydroxylation is 1. The molecule has 1 atom stereocenters. The molecule has 2 rings (SSSR count). The summed E-state index contributed by atoms with van der Waals surface area (Å²) in [5, 5.41) is 0. The maximum Gasteiger partial charge on any atom is 0.0506 e. The molecule has 2 heteroatoms. The van der Waals surface area contributed by atoms with E-state index in [0.717, 1.165) is 0 Å². The van der Waals surface area contributed by atoms with E-state index in [9.17, 15) is 0 Å². The summed E-state index contributed by atoms with van der Waals surface area (Å²) in [5.41, 5.74) is 4.51. The van der Waals surface area contributed by atoms with Crippen molar-refractivity contribution in [2.45, 2.75) is 91.5 Å². The number of fused-ring (bicyclic) bond motifs is 1. The Morgan fingerprint density at radius 2 is 1.58 bits per heavy atom. The second-order valence-electron chi connectivity index (χ2n) is 7.70. The van der Waals surface area contributed by atoms with Crippen molar-refractivity contribution in [2.24, 2.45) is 0 Å². The van der Waals surface area contributed by atoms with E-state index in [0.29, 0.717) is 6.04 Å². The minimum Gasteiger partial charge on any atom is -0.319 e. The predicted octanol–water partition coefficient (Wildman–Crippen LogP) is 7.03. The normalized spacial score (nSPS) is 13.0. The van der Waals surface area contributed by atoms with Crippen LogP contribution in [0.15, 0.2) is 30.5 Å². The van der Waals surface area contributed by atoms with Crippen LogP contribution in [0.25, 0.3) is 5.52 Å². The molecule has 0 bridgehead atoms. The van der Waals surface area contributed by atoms with Crippen LogP contribution in [0, 0.1) is 0 Å². The van der Waals surface area contributed by atoms with Crippen LogP contribution < -0.4 is 0 Å². The highest BCUT2D eigenvalue weighted by Crippen LogP contribution is 2.32. The molecule has 0 aliphatic heterocycles. The SMILES string of the molecule is CCCCc1cc2ccccn2c1C(CCC)N(CCCC)CCCC. The van der Waals surface area contributed by atoms with Gasteiger partial charge in [-0.1, -0.05) is 59.4 Å². The second kappa shape index (κ2) is 11.4. The lowest BCUT2D eigenvalue weighted by Gasteiger charge is -2.33. The van der Waals surface area contributed by atoms with Gasteiger partial charge in [-0.2, -0.15) is 0 Å². The van der Waals surface area contributed by atoms with E-state index in [4.69, 9.17) is 0 Å². The highest BCUT2D eigenvalue weighted by molar-refractivity contribution is 5.54. The Labute approximate surface area is 161 Å². The summed E-state index contributed by atoms with van der Waals surface area (Å²) in [7, 11) is 0. The Morgan fingerprint density at radius 3 is 2.19 bits per heavy atom. The zero-order valence-electron chi connectivity index (χ0n) is 17.6.